The molecule has 1 aliphatic rings. The minimum atomic E-state index is -0.912. The van der Waals surface area contributed by atoms with Crippen molar-refractivity contribution < 1.29 is 14.6 Å². The Morgan fingerprint density at radius 1 is 1.10 bits per heavy atom. The van der Waals surface area contributed by atoms with Crippen molar-refractivity contribution >= 4 is 11.6 Å². The number of ether oxygens (including phenoxy) is 1. The second kappa shape index (κ2) is 8.26. The van der Waals surface area contributed by atoms with Crippen LogP contribution in [0, 0.1) is 0 Å². The standard InChI is InChI=1S/C26H24N2O3/c29-26(30)25-19(11-14-24-27-15-16-28(24)25)10-9-18-5-4-6-20-17-22(12-13-23(18)20)31-21-7-2-1-3-8-21/h1-3,7-8,11-18H,4-6,9-10H2,(H,29,30). The molecule has 0 aliphatic heterocycles. The second-order valence-electron chi connectivity index (χ2n) is 8.07. The molecule has 31 heavy (non-hydrogen) atoms. The van der Waals surface area contributed by atoms with Gasteiger partial charge in [-0.05, 0) is 85.0 Å². The third kappa shape index (κ3) is 3.91. The Kier molecular flexibility index (Phi) is 5.16. The Balaban J connectivity index is 1.36. The highest BCUT2D eigenvalue weighted by molar-refractivity contribution is 5.88. The van der Waals surface area contributed by atoms with Crippen molar-refractivity contribution in [3.63, 3.8) is 0 Å². The van der Waals surface area contributed by atoms with E-state index in [2.05, 4.69) is 17.1 Å². The van der Waals surface area contributed by atoms with Crippen LogP contribution in [0.25, 0.3) is 5.65 Å². The summed E-state index contributed by atoms with van der Waals surface area (Å²) in [5.41, 5.74) is 4.54. The summed E-state index contributed by atoms with van der Waals surface area (Å²) in [7, 11) is 0. The zero-order valence-corrected chi connectivity index (χ0v) is 17.2. The third-order valence-corrected chi connectivity index (χ3v) is 6.14. The van der Waals surface area contributed by atoms with Crippen LogP contribution in [0.1, 0.15) is 52.4 Å². The lowest BCUT2D eigenvalue weighted by atomic mass is 9.79. The Morgan fingerprint density at radius 2 is 1.97 bits per heavy atom. The first kappa shape index (κ1) is 19.4. The van der Waals surface area contributed by atoms with Gasteiger partial charge in [-0.2, -0.15) is 0 Å². The number of nitrogens with zero attached hydrogens (tertiary/aromatic N) is 2. The molecule has 2 aromatic heterocycles. The molecule has 1 unspecified atom stereocenters. The average Bonchev–Trinajstić information content (AvgIpc) is 3.26. The third-order valence-electron chi connectivity index (χ3n) is 6.14. The molecule has 5 nitrogen and oxygen atoms in total. The molecule has 1 atom stereocenters. The van der Waals surface area contributed by atoms with E-state index in [0.29, 0.717) is 17.3 Å². The van der Waals surface area contributed by atoms with Gasteiger partial charge in [-0.1, -0.05) is 30.3 Å². The topological polar surface area (TPSA) is 63.8 Å². The number of fused-ring (bicyclic) bond motifs is 2. The van der Waals surface area contributed by atoms with Crippen LogP contribution < -0.4 is 4.74 Å². The predicted octanol–water partition coefficient (Wildman–Crippen LogP) is 5.88. The smallest absolute Gasteiger partial charge is 0.353 e. The number of carboxylic acid groups (broad SMARTS) is 1. The number of pyridine rings is 1. The molecule has 0 fully saturated rings. The van der Waals surface area contributed by atoms with E-state index in [0.717, 1.165) is 49.2 Å². The number of para-hydroxylation sites is 1. The van der Waals surface area contributed by atoms with Crippen LogP contribution in [-0.2, 0) is 12.8 Å². The van der Waals surface area contributed by atoms with Gasteiger partial charge in [0.25, 0.3) is 0 Å². The fourth-order valence-corrected chi connectivity index (χ4v) is 4.69. The minimum absolute atomic E-state index is 0.317. The number of aromatic carboxylic acids is 1. The summed E-state index contributed by atoms with van der Waals surface area (Å²) < 4.78 is 7.68. The first-order chi connectivity index (χ1) is 15.2. The first-order valence-corrected chi connectivity index (χ1v) is 10.7. The van der Waals surface area contributed by atoms with E-state index in [9.17, 15) is 9.90 Å². The van der Waals surface area contributed by atoms with Gasteiger partial charge in [-0.15, -0.1) is 0 Å². The van der Waals surface area contributed by atoms with Gasteiger partial charge in [-0.25, -0.2) is 9.78 Å². The molecule has 0 radical (unpaired) electrons. The fourth-order valence-electron chi connectivity index (χ4n) is 4.69. The van der Waals surface area contributed by atoms with Gasteiger partial charge < -0.3 is 9.84 Å². The van der Waals surface area contributed by atoms with E-state index < -0.39 is 5.97 Å². The molecule has 2 heterocycles. The van der Waals surface area contributed by atoms with Crippen molar-refractivity contribution in [3.05, 3.63) is 95.4 Å². The summed E-state index contributed by atoms with van der Waals surface area (Å²) in [5, 5.41) is 9.77. The maximum absolute atomic E-state index is 11.9. The summed E-state index contributed by atoms with van der Waals surface area (Å²) in [5.74, 6) is 1.22. The number of aryl methyl sites for hydroxylation is 2. The molecule has 4 aromatic rings. The van der Waals surface area contributed by atoms with Gasteiger partial charge in [0.05, 0.1) is 0 Å². The molecule has 2 aromatic carbocycles. The molecule has 156 valence electrons. The van der Waals surface area contributed by atoms with Crippen LogP contribution in [-0.4, -0.2) is 20.5 Å². The normalized spacial score (nSPS) is 15.5. The number of rotatable bonds is 6. The van der Waals surface area contributed by atoms with E-state index in [1.165, 1.54) is 11.1 Å². The average molecular weight is 412 g/mol. The Morgan fingerprint density at radius 3 is 2.81 bits per heavy atom. The van der Waals surface area contributed by atoms with Gasteiger partial charge in [0.2, 0.25) is 0 Å². The van der Waals surface area contributed by atoms with Crippen LogP contribution in [0.4, 0.5) is 0 Å². The highest BCUT2D eigenvalue weighted by Gasteiger charge is 2.22. The van der Waals surface area contributed by atoms with Crippen molar-refractivity contribution in [2.24, 2.45) is 0 Å². The maximum Gasteiger partial charge on any atom is 0.353 e. The van der Waals surface area contributed by atoms with Gasteiger partial charge in [0, 0.05) is 12.4 Å². The van der Waals surface area contributed by atoms with Crippen molar-refractivity contribution in [1.29, 1.82) is 0 Å². The van der Waals surface area contributed by atoms with Gasteiger partial charge in [0.15, 0.2) is 0 Å². The van der Waals surface area contributed by atoms with E-state index in [1.54, 1.807) is 16.8 Å². The summed E-state index contributed by atoms with van der Waals surface area (Å²) >= 11 is 0. The number of benzene rings is 2. The maximum atomic E-state index is 11.9. The zero-order valence-electron chi connectivity index (χ0n) is 17.2. The van der Waals surface area contributed by atoms with Gasteiger partial charge >= 0.3 is 5.97 Å². The summed E-state index contributed by atoms with van der Waals surface area (Å²) in [6, 6.07) is 20.0. The fraction of sp³-hybridized carbons (Fsp3) is 0.231. The summed E-state index contributed by atoms with van der Waals surface area (Å²) in [6.45, 7) is 0. The van der Waals surface area contributed by atoms with E-state index in [1.807, 2.05) is 48.5 Å². The van der Waals surface area contributed by atoms with Crippen LogP contribution in [0.5, 0.6) is 11.5 Å². The quantitative estimate of drug-likeness (QED) is 0.430. The lowest BCUT2D eigenvalue weighted by Gasteiger charge is -2.26. The molecule has 1 N–H and O–H groups in total. The zero-order chi connectivity index (χ0) is 21.2. The van der Waals surface area contributed by atoms with Gasteiger partial charge in [-0.3, -0.25) is 4.40 Å². The first-order valence-electron chi connectivity index (χ1n) is 10.7. The van der Waals surface area contributed by atoms with E-state index in [-0.39, 0.29) is 0 Å². The minimum Gasteiger partial charge on any atom is -0.477 e. The summed E-state index contributed by atoms with van der Waals surface area (Å²) in [4.78, 5) is 16.1. The van der Waals surface area contributed by atoms with Crippen molar-refractivity contribution in [2.45, 2.75) is 38.0 Å². The number of carbonyl (C=O) groups is 1. The number of imidazole rings is 1. The highest BCUT2D eigenvalue weighted by Crippen LogP contribution is 2.37. The molecule has 5 heteroatoms. The van der Waals surface area contributed by atoms with Crippen LogP contribution in [0.3, 0.4) is 0 Å². The van der Waals surface area contributed by atoms with Crippen molar-refractivity contribution in [2.75, 3.05) is 0 Å². The van der Waals surface area contributed by atoms with Crippen molar-refractivity contribution in [3.8, 4) is 11.5 Å². The van der Waals surface area contributed by atoms with Crippen LogP contribution in [0.15, 0.2) is 73.1 Å². The monoisotopic (exact) mass is 412 g/mol. The summed E-state index contributed by atoms with van der Waals surface area (Å²) in [6.07, 6.45) is 8.32. The number of aromatic nitrogens is 2. The highest BCUT2D eigenvalue weighted by atomic mass is 16.5. The van der Waals surface area contributed by atoms with Crippen molar-refractivity contribution in [1.82, 2.24) is 9.38 Å². The molecule has 0 amide bonds. The van der Waals surface area contributed by atoms with E-state index >= 15 is 0 Å². The number of hydrogen-bond donors (Lipinski definition) is 1. The number of carboxylic acids is 1. The molecule has 0 saturated carbocycles. The lowest BCUT2D eigenvalue weighted by Crippen LogP contribution is -2.13. The molecular weight excluding hydrogens is 388 g/mol. The predicted molar refractivity (Wildman–Crippen MR) is 119 cm³/mol. The van der Waals surface area contributed by atoms with Gasteiger partial charge in [0.1, 0.15) is 22.8 Å². The van der Waals surface area contributed by atoms with Crippen LogP contribution in [0.2, 0.25) is 0 Å². The molecule has 0 spiro atoms. The Hall–Kier alpha value is -3.60. The molecule has 0 saturated heterocycles. The van der Waals surface area contributed by atoms with E-state index in [4.69, 9.17) is 4.74 Å². The molecule has 1 aliphatic carbocycles. The van der Waals surface area contributed by atoms with Crippen LogP contribution >= 0.6 is 0 Å². The molecule has 0 bridgehead atoms. The number of hydrogen-bond acceptors (Lipinski definition) is 3. The Labute approximate surface area is 181 Å². The molecular formula is C26H24N2O3. The largest absolute Gasteiger partial charge is 0.477 e. The SMILES string of the molecule is O=C(O)c1c(CCC2CCCc3cc(Oc4ccccc4)ccc32)ccc2nccn12. The Bertz CT molecular complexity index is 1230. The molecule has 5 rings (SSSR count). The second-order valence-corrected chi connectivity index (χ2v) is 8.07. The lowest BCUT2D eigenvalue weighted by molar-refractivity contribution is 0.0687.